The average Bonchev–Trinajstić information content (AvgIpc) is 2.35. The van der Waals surface area contributed by atoms with Gasteiger partial charge in [0.05, 0.1) is 11.1 Å². The number of halogens is 1. The Balaban J connectivity index is 2.78. The number of hydrogen-bond acceptors (Lipinski definition) is 2. The number of aromatic nitrogens is 1. The van der Waals surface area contributed by atoms with Gasteiger partial charge in [-0.05, 0) is 42.1 Å². The molecule has 2 aromatic rings. The van der Waals surface area contributed by atoms with E-state index in [1.54, 1.807) is 6.07 Å². The number of nitrogens with zero attached hydrogens (tertiary/aromatic N) is 1. The molecular formula is C14H14ClNO. The number of hydrogen-bond donors (Lipinski definition) is 0. The van der Waals surface area contributed by atoms with E-state index in [-0.39, 0.29) is 0 Å². The summed E-state index contributed by atoms with van der Waals surface area (Å²) in [5.74, 6) is 0. The molecule has 3 heteroatoms. The monoisotopic (exact) mass is 247 g/mol. The van der Waals surface area contributed by atoms with Crippen LogP contribution in [0.5, 0.6) is 0 Å². The molecule has 0 aliphatic carbocycles. The van der Waals surface area contributed by atoms with Gasteiger partial charge >= 0.3 is 0 Å². The van der Waals surface area contributed by atoms with Crippen molar-refractivity contribution in [3.63, 3.8) is 0 Å². The topological polar surface area (TPSA) is 30.0 Å². The second-order valence-corrected chi connectivity index (χ2v) is 4.30. The van der Waals surface area contributed by atoms with Gasteiger partial charge in [0.1, 0.15) is 0 Å². The number of para-hydroxylation sites is 1. The lowest BCUT2D eigenvalue weighted by Crippen LogP contribution is -2.00. The van der Waals surface area contributed by atoms with Gasteiger partial charge in [-0.25, -0.2) is 0 Å². The molecule has 2 rings (SSSR count). The molecule has 0 atom stereocenters. The van der Waals surface area contributed by atoms with Crippen molar-refractivity contribution in [1.82, 2.24) is 4.98 Å². The van der Waals surface area contributed by atoms with Gasteiger partial charge in [-0.3, -0.25) is 9.78 Å². The third kappa shape index (κ3) is 2.18. The van der Waals surface area contributed by atoms with Gasteiger partial charge in [-0.15, -0.1) is 0 Å². The highest BCUT2D eigenvalue weighted by Gasteiger charge is 2.11. The highest BCUT2D eigenvalue weighted by Crippen LogP contribution is 2.22. The molecular weight excluding hydrogens is 234 g/mol. The Bertz CT molecular complexity index is 578. The summed E-state index contributed by atoms with van der Waals surface area (Å²) in [5, 5.41) is 0.528. The van der Waals surface area contributed by atoms with Crippen LogP contribution in [-0.4, -0.2) is 10.2 Å². The molecule has 2 nitrogen and oxygen atoms in total. The number of aryl methyl sites for hydroxylation is 2. The van der Waals surface area contributed by atoms with Crippen molar-refractivity contribution in [2.75, 3.05) is 0 Å². The molecule has 0 fully saturated rings. The predicted molar refractivity (Wildman–Crippen MR) is 70.7 cm³/mol. The molecule has 0 spiro atoms. The summed E-state index contributed by atoms with van der Waals surface area (Å²) >= 11 is 5.57. The van der Waals surface area contributed by atoms with Gasteiger partial charge in [-0.1, -0.05) is 26.0 Å². The van der Waals surface area contributed by atoms with Crippen LogP contribution in [0.1, 0.15) is 35.5 Å². The number of fused-ring (bicyclic) bond motifs is 1. The van der Waals surface area contributed by atoms with Crippen LogP contribution in [0.25, 0.3) is 10.9 Å². The zero-order chi connectivity index (χ0) is 12.4. The summed E-state index contributed by atoms with van der Waals surface area (Å²) in [6.45, 7) is 4.18. The Morgan fingerprint density at radius 3 is 2.65 bits per heavy atom. The lowest BCUT2D eigenvalue weighted by Gasteiger charge is -2.09. The van der Waals surface area contributed by atoms with Gasteiger partial charge < -0.3 is 0 Å². The number of rotatable bonds is 3. The van der Waals surface area contributed by atoms with E-state index in [4.69, 9.17) is 11.6 Å². The molecule has 0 aliphatic heterocycles. The van der Waals surface area contributed by atoms with E-state index in [1.807, 2.05) is 12.1 Å². The quantitative estimate of drug-likeness (QED) is 0.774. The maximum absolute atomic E-state index is 11.3. The van der Waals surface area contributed by atoms with Crippen molar-refractivity contribution in [2.24, 2.45) is 0 Å². The summed E-state index contributed by atoms with van der Waals surface area (Å²) in [4.78, 5) is 15.9. The standard InChI is InChI=1S/C14H14ClNO/c1-3-9-8-10-6-5-7-11(14(15)17)13(10)16-12(9)4-2/h5-8H,3-4H2,1-2H3. The van der Waals surface area contributed by atoms with Crippen LogP contribution in [-0.2, 0) is 12.8 Å². The minimum absolute atomic E-state index is 0.450. The molecule has 0 saturated carbocycles. The Kier molecular flexibility index (Phi) is 3.43. The number of benzene rings is 1. The van der Waals surface area contributed by atoms with Crippen LogP contribution >= 0.6 is 11.6 Å². The van der Waals surface area contributed by atoms with Gasteiger partial charge in [-0.2, -0.15) is 0 Å². The van der Waals surface area contributed by atoms with E-state index in [9.17, 15) is 4.79 Å². The number of carbonyl (C=O) groups excluding carboxylic acids is 1. The summed E-state index contributed by atoms with van der Waals surface area (Å²) in [6, 6.07) is 7.62. The van der Waals surface area contributed by atoms with Crippen LogP contribution in [0.15, 0.2) is 24.3 Å². The molecule has 1 aromatic carbocycles. The molecule has 0 N–H and O–H groups in total. The Labute approximate surface area is 106 Å². The Hall–Kier alpha value is -1.41. The van der Waals surface area contributed by atoms with E-state index in [2.05, 4.69) is 24.9 Å². The van der Waals surface area contributed by atoms with Gasteiger partial charge in [0, 0.05) is 11.1 Å². The summed E-state index contributed by atoms with van der Waals surface area (Å²) in [5.41, 5.74) is 3.48. The van der Waals surface area contributed by atoms with Crippen LogP contribution < -0.4 is 0 Å². The smallest absolute Gasteiger partial charge is 0.254 e. The van der Waals surface area contributed by atoms with Crippen molar-refractivity contribution >= 4 is 27.7 Å². The largest absolute Gasteiger partial charge is 0.276 e. The first kappa shape index (κ1) is 12.1. The Morgan fingerprint density at radius 1 is 1.29 bits per heavy atom. The maximum atomic E-state index is 11.3. The van der Waals surface area contributed by atoms with Crippen LogP contribution in [0.3, 0.4) is 0 Å². The number of pyridine rings is 1. The highest BCUT2D eigenvalue weighted by molar-refractivity contribution is 6.68. The molecule has 17 heavy (non-hydrogen) atoms. The van der Waals surface area contributed by atoms with Crippen molar-refractivity contribution in [1.29, 1.82) is 0 Å². The maximum Gasteiger partial charge on any atom is 0.254 e. The minimum atomic E-state index is -0.450. The van der Waals surface area contributed by atoms with Crippen LogP contribution in [0, 0.1) is 0 Å². The highest BCUT2D eigenvalue weighted by atomic mass is 35.5. The van der Waals surface area contributed by atoms with Crippen molar-refractivity contribution < 1.29 is 4.79 Å². The fourth-order valence-electron chi connectivity index (χ4n) is 2.05. The van der Waals surface area contributed by atoms with E-state index < -0.39 is 5.24 Å². The Morgan fingerprint density at radius 2 is 2.06 bits per heavy atom. The molecule has 0 aliphatic rings. The third-order valence-electron chi connectivity index (χ3n) is 2.94. The van der Waals surface area contributed by atoms with Crippen LogP contribution in [0.4, 0.5) is 0 Å². The molecule has 88 valence electrons. The zero-order valence-electron chi connectivity index (χ0n) is 9.96. The SMILES string of the molecule is CCc1cc2cccc(C(=O)Cl)c2nc1CC. The predicted octanol–water partition coefficient (Wildman–Crippen LogP) is 3.74. The number of carbonyl (C=O) groups is 1. The lowest BCUT2D eigenvalue weighted by molar-refractivity contribution is 0.108. The fourth-order valence-corrected chi connectivity index (χ4v) is 2.20. The average molecular weight is 248 g/mol. The molecule has 0 bridgehead atoms. The first-order valence-corrected chi connectivity index (χ1v) is 6.16. The van der Waals surface area contributed by atoms with Gasteiger partial charge in [0.25, 0.3) is 5.24 Å². The zero-order valence-corrected chi connectivity index (χ0v) is 10.7. The van der Waals surface area contributed by atoms with Crippen LogP contribution in [0.2, 0.25) is 0 Å². The third-order valence-corrected chi connectivity index (χ3v) is 3.15. The first-order valence-electron chi connectivity index (χ1n) is 5.78. The molecule has 1 heterocycles. The normalized spacial score (nSPS) is 10.8. The van der Waals surface area contributed by atoms with E-state index >= 15 is 0 Å². The molecule has 0 saturated heterocycles. The van der Waals surface area contributed by atoms with E-state index in [0.29, 0.717) is 11.1 Å². The van der Waals surface area contributed by atoms with E-state index in [1.165, 1.54) is 5.56 Å². The minimum Gasteiger partial charge on any atom is -0.276 e. The summed E-state index contributed by atoms with van der Waals surface area (Å²) in [6.07, 6.45) is 1.81. The second-order valence-electron chi connectivity index (χ2n) is 3.95. The second kappa shape index (κ2) is 4.84. The lowest BCUT2D eigenvalue weighted by atomic mass is 10.0. The van der Waals surface area contributed by atoms with Gasteiger partial charge in [0.15, 0.2) is 0 Å². The molecule has 0 radical (unpaired) electrons. The van der Waals surface area contributed by atoms with Crippen molar-refractivity contribution in [3.05, 3.63) is 41.1 Å². The van der Waals surface area contributed by atoms with Crippen molar-refractivity contribution in [2.45, 2.75) is 26.7 Å². The molecule has 0 unspecified atom stereocenters. The van der Waals surface area contributed by atoms with Crippen molar-refractivity contribution in [3.8, 4) is 0 Å². The summed E-state index contributed by atoms with van der Waals surface area (Å²) in [7, 11) is 0. The van der Waals surface area contributed by atoms with Gasteiger partial charge in [0.2, 0.25) is 0 Å². The first-order chi connectivity index (χ1) is 8.17. The summed E-state index contributed by atoms with van der Waals surface area (Å²) < 4.78 is 0. The molecule has 0 amide bonds. The molecule has 1 aromatic heterocycles. The van der Waals surface area contributed by atoms with E-state index in [0.717, 1.165) is 23.9 Å². The fraction of sp³-hybridized carbons (Fsp3) is 0.286.